The third kappa shape index (κ3) is 5.57. The van der Waals surface area contributed by atoms with Crippen LogP contribution in [0.4, 0.5) is 17.6 Å². The fraction of sp³-hybridized carbons (Fsp3) is 0.238. The van der Waals surface area contributed by atoms with Gasteiger partial charge in [0, 0.05) is 12.1 Å². The molecule has 0 aliphatic carbocycles. The lowest BCUT2D eigenvalue weighted by atomic mass is 10.1. The Hall–Kier alpha value is -3.88. The summed E-state index contributed by atoms with van der Waals surface area (Å²) in [5.74, 6) is 1.40. The Bertz CT molecular complexity index is 998. The van der Waals surface area contributed by atoms with Crippen LogP contribution in [0.1, 0.15) is 17.8 Å². The molecule has 9 nitrogen and oxygen atoms in total. The highest BCUT2D eigenvalue weighted by Gasteiger charge is 2.13. The predicted octanol–water partition coefficient (Wildman–Crippen LogP) is 2.89. The molecule has 0 saturated heterocycles. The molecular weight excluding hydrogens is 386 g/mol. The summed E-state index contributed by atoms with van der Waals surface area (Å²) < 4.78 is 15.9. The third-order valence-corrected chi connectivity index (χ3v) is 4.17. The maximum Gasteiger partial charge on any atom is 0.306 e. The van der Waals surface area contributed by atoms with Gasteiger partial charge in [0.25, 0.3) is 0 Å². The van der Waals surface area contributed by atoms with Crippen LogP contribution < -0.4 is 20.5 Å². The Morgan fingerprint density at radius 3 is 2.53 bits per heavy atom. The van der Waals surface area contributed by atoms with Crippen molar-refractivity contribution in [1.82, 2.24) is 15.0 Å². The van der Waals surface area contributed by atoms with Crippen molar-refractivity contribution in [2.45, 2.75) is 19.4 Å². The molecule has 0 amide bonds. The number of anilines is 3. The number of carbonyl (C=O) groups excluding carboxylic acids is 1. The van der Waals surface area contributed by atoms with Crippen molar-refractivity contribution in [2.75, 3.05) is 25.3 Å². The number of hydrogen-bond acceptors (Lipinski definition) is 9. The molecule has 0 unspecified atom stereocenters. The molecule has 2 aromatic carbocycles. The summed E-state index contributed by atoms with van der Waals surface area (Å²) in [6.45, 7) is -0.107. The van der Waals surface area contributed by atoms with Gasteiger partial charge in [0.1, 0.15) is 0 Å². The van der Waals surface area contributed by atoms with Gasteiger partial charge in [0.05, 0.1) is 14.2 Å². The molecule has 0 aliphatic rings. The lowest BCUT2D eigenvalue weighted by Crippen LogP contribution is -2.11. The highest BCUT2D eigenvalue weighted by atomic mass is 16.5. The highest BCUT2D eigenvalue weighted by Crippen LogP contribution is 2.31. The second-order valence-corrected chi connectivity index (χ2v) is 6.24. The Kier molecular flexibility index (Phi) is 6.99. The zero-order chi connectivity index (χ0) is 21.3. The standard InChI is InChI=1S/C21H23N5O4/c1-28-16-10-6-7-14(19(16)29-2)11-12-18(27)30-13-17-24-20(22)26-21(25-17)23-15-8-4-3-5-9-15/h3-10H,11-13H2,1-2H3,(H3,22,23,24,25,26). The topological polar surface area (TPSA) is 121 Å². The molecule has 0 radical (unpaired) electrons. The number of hydrogen-bond donors (Lipinski definition) is 2. The molecule has 0 atom stereocenters. The summed E-state index contributed by atoms with van der Waals surface area (Å²) in [7, 11) is 3.13. The number of ether oxygens (including phenoxy) is 3. The second kappa shape index (κ2) is 10.1. The number of methoxy groups -OCH3 is 2. The number of aromatic nitrogens is 3. The fourth-order valence-electron chi connectivity index (χ4n) is 2.81. The number of benzene rings is 2. The molecule has 0 bridgehead atoms. The van der Waals surface area contributed by atoms with Crippen LogP contribution in [0.2, 0.25) is 0 Å². The molecule has 30 heavy (non-hydrogen) atoms. The molecule has 3 aromatic rings. The Labute approximate surface area is 174 Å². The lowest BCUT2D eigenvalue weighted by molar-refractivity contribution is -0.145. The molecule has 3 rings (SSSR count). The van der Waals surface area contributed by atoms with E-state index in [1.165, 1.54) is 0 Å². The molecule has 0 spiro atoms. The van der Waals surface area contributed by atoms with Crippen LogP contribution in [0.15, 0.2) is 48.5 Å². The molecule has 156 valence electrons. The van der Waals surface area contributed by atoms with Gasteiger partial charge in [-0.15, -0.1) is 0 Å². The van der Waals surface area contributed by atoms with Crippen molar-refractivity contribution in [3.05, 3.63) is 59.9 Å². The van der Waals surface area contributed by atoms with Crippen LogP contribution in [0, 0.1) is 0 Å². The zero-order valence-corrected chi connectivity index (χ0v) is 16.8. The van der Waals surface area contributed by atoms with E-state index in [-0.39, 0.29) is 30.7 Å². The smallest absolute Gasteiger partial charge is 0.306 e. The van der Waals surface area contributed by atoms with E-state index in [0.29, 0.717) is 17.9 Å². The largest absolute Gasteiger partial charge is 0.493 e. The number of nitrogen functional groups attached to an aromatic ring is 1. The first kappa shape index (κ1) is 20.8. The number of aryl methyl sites for hydroxylation is 1. The summed E-state index contributed by atoms with van der Waals surface area (Å²) in [6, 6.07) is 14.9. The van der Waals surface area contributed by atoms with Crippen LogP contribution in [0.5, 0.6) is 11.5 Å². The number of nitrogens with zero attached hydrogens (tertiary/aromatic N) is 3. The minimum absolute atomic E-state index is 0.0376. The van der Waals surface area contributed by atoms with Crippen molar-refractivity contribution in [2.24, 2.45) is 0 Å². The van der Waals surface area contributed by atoms with E-state index in [0.717, 1.165) is 11.3 Å². The van der Waals surface area contributed by atoms with Crippen molar-refractivity contribution < 1.29 is 19.0 Å². The van der Waals surface area contributed by atoms with Crippen molar-refractivity contribution in [3.63, 3.8) is 0 Å². The van der Waals surface area contributed by atoms with Gasteiger partial charge < -0.3 is 25.3 Å². The zero-order valence-electron chi connectivity index (χ0n) is 16.8. The monoisotopic (exact) mass is 409 g/mol. The number of para-hydroxylation sites is 2. The number of carbonyl (C=O) groups is 1. The minimum Gasteiger partial charge on any atom is -0.493 e. The van der Waals surface area contributed by atoms with E-state index < -0.39 is 5.97 Å². The van der Waals surface area contributed by atoms with Gasteiger partial charge in [0.15, 0.2) is 23.9 Å². The Morgan fingerprint density at radius 2 is 1.80 bits per heavy atom. The first-order valence-corrected chi connectivity index (χ1v) is 9.27. The number of rotatable bonds is 9. The van der Waals surface area contributed by atoms with E-state index in [1.807, 2.05) is 42.5 Å². The molecule has 0 saturated carbocycles. The van der Waals surface area contributed by atoms with Gasteiger partial charge in [-0.1, -0.05) is 30.3 Å². The first-order valence-electron chi connectivity index (χ1n) is 9.27. The van der Waals surface area contributed by atoms with E-state index in [9.17, 15) is 4.79 Å². The molecular formula is C21H23N5O4. The van der Waals surface area contributed by atoms with Crippen LogP contribution in [-0.4, -0.2) is 35.1 Å². The summed E-state index contributed by atoms with van der Waals surface area (Å²) >= 11 is 0. The second-order valence-electron chi connectivity index (χ2n) is 6.24. The average molecular weight is 409 g/mol. The van der Waals surface area contributed by atoms with Gasteiger partial charge in [-0.25, -0.2) is 0 Å². The van der Waals surface area contributed by atoms with Crippen LogP contribution in [-0.2, 0) is 22.6 Å². The van der Waals surface area contributed by atoms with Gasteiger partial charge in [0.2, 0.25) is 11.9 Å². The molecule has 1 heterocycles. The van der Waals surface area contributed by atoms with E-state index in [4.69, 9.17) is 19.9 Å². The predicted molar refractivity (Wildman–Crippen MR) is 112 cm³/mol. The number of esters is 1. The van der Waals surface area contributed by atoms with Crippen LogP contribution in [0.25, 0.3) is 0 Å². The van der Waals surface area contributed by atoms with Gasteiger partial charge in [-0.3, -0.25) is 4.79 Å². The molecule has 0 aliphatic heterocycles. The van der Waals surface area contributed by atoms with Crippen LogP contribution in [0.3, 0.4) is 0 Å². The summed E-state index contributed by atoms with van der Waals surface area (Å²) in [5, 5.41) is 3.03. The Morgan fingerprint density at radius 1 is 1.00 bits per heavy atom. The molecule has 0 fully saturated rings. The van der Waals surface area contributed by atoms with Crippen molar-refractivity contribution in [1.29, 1.82) is 0 Å². The highest BCUT2D eigenvalue weighted by molar-refractivity contribution is 5.70. The SMILES string of the molecule is COc1cccc(CCC(=O)OCc2nc(N)nc(Nc3ccccc3)n2)c1OC. The quantitative estimate of drug-likeness (QED) is 0.514. The molecule has 3 N–H and O–H groups in total. The fourth-order valence-corrected chi connectivity index (χ4v) is 2.81. The number of nitrogens with one attached hydrogen (secondary N) is 1. The number of nitrogens with two attached hydrogens (primary N) is 1. The third-order valence-electron chi connectivity index (χ3n) is 4.17. The van der Waals surface area contributed by atoms with Gasteiger partial charge in [-0.2, -0.15) is 15.0 Å². The maximum atomic E-state index is 12.2. The van der Waals surface area contributed by atoms with Crippen LogP contribution >= 0.6 is 0 Å². The van der Waals surface area contributed by atoms with Crippen molar-refractivity contribution in [3.8, 4) is 11.5 Å². The van der Waals surface area contributed by atoms with E-state index in [1.54, 1.807) is 20.3 Å². The maximum absolute atomic E-state index is 12.2. The Balaban J connectivity index is 1.57. The van der Waals surface area contributed by atoms with Crippen molar-refractivity contribution >= 4 is 23.6 Å². The minimum atomic E-state index is -0.392. The summed E-state index contributed by atoms with van der Waals surface area (Å²) in [6.07, 6.45) is 0.610. The lowest BCUT2D eigenvalue weighted by Gasteiger charge is -2.12. The molecule has 9 heteroatoms. The average Bonchev–Trinajstić information content (AvgIpc) is 2.76. The van der Waals surface area contributed by atoms with Gasteiger partial charge in [-0.05, 0) is 30.2 Å². The normalized spacial score (nSPS) is 10.3. The summed E-state index contributed by atoms with van der Waals surface area (Å²) in [5.41, 5.74) is 7.40. The van der Waals surface area contributed by atoms with E-state index >= 15 is 0 Å². The molecule has 1 aromatic heterocycles. The van der Waals surface area contributed by atoms with Gasteiger partial charge >= 0.3 is 5.97 Å². The first-order chi connectivity index (χ1) is 14.6. The summed E-state index contributed by atoms with van der Waals surface area (Å²) in [4.78, 5) is 24.5. The van der Waals surface area contributed by atoms with E-state index in [2.05, 4.69) is 20.3 Å².